The number of ether oxygens (including phenoxy) is 1. The van der Waals surface area contributed by atoms with Crippen LogP contribution in [-0.2, 0) is 14.4 Å². The van der Waals surface area contributed by atoms with Crippen molar-refractivity contribution in [2.24, 2.45) is 10.8 Å². The van der Waals surface area contributed by atoms with Crippen LogP contribution >= 0.6 is 15.9 Å². The minimum atomic E-state index is -0.415. The average molecular weight is 620 g/mol. The Morgan fingerprint density at radius 3 is 2.05 bits per heavy atom. The molecule has 41 heavy (non-hydrogen) atoms. The third-order valence-electron chi connectivity index (χ3n) is 8.48. The highest BCUT2D eigenvalue weighted by molar-refractivity contribution is 9.10. The summed E-state index contributed by atoms with van der Waals surface area (Å²) in [6.45, 7) is 12.4. The van der Waals surface area contributed by atoms with Crippen LogP contribution in [0.4, 0.5) is 5.69 Å². The summed E-state index contributed by atoms with van der Waals surface area (Å²) < 4.78 is 6.55. The van der Waals surface area contributed by atoms with Crippen LogP contribution in [-0.4, -0.2) is 36.0 Å². The molecule has 0 saturated heterocycles. The zero-order valence-electron chi connectivity index (χ0n) is 25.0. The molecule has 2 aromatic carbocycles. The number of nitrogens with zero attached hydrogens (tertiary/aromatic N) is 1. The molecule has 0 aromatic heterocycles. The van der Waals surface area contributed by atoms with Gasteiger partial charge in [0.1, 0.15) is 5.75 Å². The molecule has 0 spiro atoms. The number of carbonyl (C=O) groups is 3. The van der Waals surface area contributed by atoms with Crippen molar-refractivity contribution in [1.82, 2.24) is 4.90 Å². The lowest BCUT2D eigenvalue weighted by Crippen LogP contribution is -2.43. The molecule has 1 aliphatic heterocycles. The van der Waals surface area contributed by atoms with Crippen LogP contribution in [0.25, 0.3) is 0 Å². The number of benzene rings is 2. The molecule has 0 saturated carbocycles. The molecule has 0 unspecified atom stereocenters. The van der Waals surface area contributed by atoms with Crippen LogP contribution in [0.1, 0.15) is 76.0 Å². The highest BCUT2D eigenvalue weighted by Gasteiger charge is 2.48. The van der Waals surface area contributed by atoms with Crippen molar-refractivity contribution in [3.05, 3.63) is 80.1 Å². The van der Waals surface area contributed by atoms with Gasteiger partial charge in [0.15, 0.2) is 18.2 Å². The van der Waals surface area contributed by atoms with Gasteiger partial charge in [0.2, 0.25) is 0 Å². The zero-order valence-corrected chi connectivity index (χ0v) is 26.6. The molecular formula is C34H39BrN2O4. The number of anilines is 1. The first kappa shape index (κ1) is 29.3. The topological polar surface area (TPSA) is 75.7 Å². The lowest BCUT2D eigenvalue weighted by Gasteiger charge is -2.47. The monoisotopic (exact) mass is 618 g/mol. The number of aryl methyl sites for hydroxylation is 2. The van der Waals surface area contributed by atoms with Crippen molar-refractivity contribution in [3.8, 4) is 5.75 Å². The van der Waals surface area contributed by atoms with Gasteiger partial charge in [-0.05, 0) is 82.8 Å². The number of carbonyl (C=O) groups excluding carboxylic acids is 3. The lowest BCUT2D eigenvalue weighted by atomic mass is 9.64. The standard InChI is InChI=1S/C34H39BrN2O4/c1-19-8-10-23(20(2)12-19)36-29(40)18-41-28-11-9-21(13-22(28)35)30-31-24(14-33(3,4)16-26(31)38)37(7)25-15-34(5,6)17-27(39)32(25)30/h8-13,30H,14-18H2,1-7H3,(H,36,40). The van der Waals surface area contributed by atoms with Crippen LogP contribution < -0.4 is 10.1 Å². The third-order valence-corrected chi connectivity index (χ3v) is 9.10. The Kier molecular flexibility index (Phi) is 7.56. The van der Waals surface area contributed by atoms with Crippen LogP contribution in [0.2, 0.25) is 0 Å². The van der Waals surface area contributed by atoms with Gasteiger partial charge in [0.25, 0.3) is 5.91 Å². The lowest BCUT2D eigenvalue weighted by molar-refractivity contribution is -0.120. The molecule has 6 nitrogen and oxygen atoms in total. The summed E-state index contributed by atoms with van der Waals surface area (Å²) in [6.07, 6.45) is 2.47. The minimum absolute atomic E-state index is 0.108. The Morgan fingerprint density at radius 2 is 1.51 bits per heavy atom. The van der Waals surface area contributed by atoms with Crippen LogP contribution in [0.3, 0.4) is 0 Å². The molecule has 0 radical (unpaired) electrons. The molecule has 1 amide bonds. The second-order valence-corrected chi connectivity index (χ2v) is 14.3. The van der Waals surface area contributed by atoms with E-state index < -0.39 is 5.92 Å². The second kappa shape index (κ2) is 10.6. The van der Waals surface area contributed by atoms with Gasteiger partial charge in [-0.2, -0.15) is 0 Å². The Morgan fingerprint density at radius 1 is 0.927 bits per heavy atom. The second-order valence-electron chi connectivity index (χ2n) is 13.4. The number of nitrogens with one attached hydrogen (secondary N) is 1. The van der Waals surface area contributed by atoms with E-state index in [1.54, 1.807) is 0 Å². The van der Waals surface area contributed by atoms with E-state index in [1.807, 2.05) is 57.3 Å². The molecule has 2 aliphatic carbocycles. The number of hydrogen-bond acceptors (Lipinski definition) is 5. The summed E-state index contributed by atoms with van der Waals surface area (Å²) in [6, 6.07) is 11.5. The van der Waals surface area contributed by atoms with E-state index in [9.17, 15) is 14.4 Å². The number of allylic oxidation sites excluding steroid dienone is 4. The predicted molar refractivity (Wildman–Crippen MR) is 165 cm³/mol. The maximum Gasteiger partial charge on any atom is 0.262 e. The Balaban J connectivity index is 1.45. The van der Waals surface area contributed by atoms with E-state index in [1.165, 1.54) is 0 Å². The van der Waals surface area contributed by atoms with Crippen LogP contribution in [0.15, 0.2) is 63.4 Å². The number of ketones is 2. The maximum atomic E-state index is 13.7. The van der Waals surface area contributed by atoms with Crippen LogP contribution in [0, 0.1) is 24.7 Å². The van der Waals surface area contributed by atoms with E-state index in [2.05, 4.69) is 53.8 Å². The normalized spacial score (nSPS) is 20.1. The van der Waals surface area contributed by atoms with E-state index in [-0.39, 0.29) is 34.9 Å². The van der Waals surface area contributed by atoms with Gasteiger partial charge in [-0.1, -0.05) is 51.5 Å². The number of rotatable bonds is 5. The quantitative estimate of drug-likeness (QED) is 0.378. The highest BCUT2D eigenvalue weighted by Crippen LogP contribution is 2.54. The highest BCUT2D eigenvalue weighted by atomic mass is 79.9. The minimum Gasteiger partial charge on any atom is -0.483 e. The molecule has 0 atom stereocenters. The van der Waals surface area contributed by atoms with E-state index in [4.69, 9.17) is 4.74 Å². The SMILES string of the molecule is Cc1ccc(NC(=O)COc2ccc(C3C4=C(CC(C)(C)CC4=O)N(C)C4=C3C(=O)CC(C)(C)C4)cc2Br)c(C)c1. The summed E-state index contributed by atoms with van der Waals surface area (Å²) in [7, 11) is 2.01. The van der Waals surface area contributed by atoms with E-state index in [0.29, 0.717) is 23.1 Å². The Labute approximate surface area is 251 Å². The molecule has 1 heterocycles. The average Bonchev–Trinajstić information content (AvgIpc) is 2.85. The van der Waals surface area contributed by atoms with Gasteiger partial charge in [-0.15, -0.1) is 0 Å². The van der Waals surface area contributed by atoms with Gasteiger partial charge >= 0.3 is 0 Å². The van der Waals surface area contributed by atoms with Crippen molar-refractivity contribution in [2.75, 3.05) is 19.0 Å². The zero-order chi connectivity index (χ0) is 29.9. The largest absolute Gasteiger partial charge is 0.483 e. The smallest absolute Gasteiger partial charge is 0.262 e. The van der Waals surface area contributed by atoms with E-state index >= 15 is 0 Å². The van der Waals surface area contributed by atoms with Crippen molar-refractivity contribution >= 4 is 39.1 Å². The first-order valence-corrected chi connectivity index (χ1v) is 15.0. The number of Topliss-reactive ketones (excluding diaryl/α,β-unsaturated/α-hetero) is 2. The first-order valence-electron chi connectivity index (χ1n) is 14.2. The number of halogens is 1. The van der Waals surface area contributed by atoms with Crippen molar-refractivity contribution in [3.63, 3.8) is 0 Å². The van der Waals surface area contributed by atoms with Gasteiger partial charge in [-0.3, -0.25) is 14.4 Å². The number of amides is 1. The molecule has 7 heteroatoms. The molecule has 3 aliphatic rings. The fraction of sp³-hybridized carbons (Fsp3) is 0.441. The molecule has 0 fully saturated rings. The fourth-order valence-corrected chi connectivity index (χ4v) is 7.11. The van der Waals surface area contributed by atoms with Gasteiger partial charge < -0.3 is 15.0 Å². The first-order chi connectivity index (χ1) is 19.2. The Hall–Kier alpha value is -3.19. The van der Waals surface area contributed by atoms with Gasteiger partial charge in [0, 0.05) is 54.0 Å². The van der Waals surface area contributed by atoms with Crippen molar-refractivity contribution < 1.29 is 19.1 Å². The molecule has 0 bridgehead atoms. The maximum absolute atomic E-state index is 13.7. The van der Waals surface area contributed by atoms with Gasteiger partial charge in [0.05, 0.1) is 4.47 Å². The molecular weight excluding hydrogens is 580 g/mol. The fourth-order valence-electron chi connectivity index (χ4n) is 6.60. The van der Waals surface area contributed by atoms with Crippen molar-refractivity contribution in [2.45, 2.75) is 73.1 Å². The predicted octanol–water partition coefficient (Wildman–Crippen LogP) is 7.40. The van der Waals surface area contributed by atoms with E-state index in [0.717, 1.165) is 57.8 Å². The third kappa shape index (κ3) is 5.78. The summed E-state index contributed by atoms with van der Waals surface area (Å²) >= 11 is 3.64. The van der Waals surface area contributed by atoms with Crippen LogP contribution in [0.5, 0.6) is 5.75 Å². The molecule has 1 N–H and O–H groups in total. The summed E-state index contributed by atoms with van der Waals surface area (Å²) in [5.74, 6) is 0.0712. The number of hydrogen-bond donors (Lipinski definition) is 1. The summed E-state index contributed by atoms with van der Waals surface area (Å²) in [5.41, 5.74) is 7.01. The summed E-state index contributed by atoms with van der Waals surface area (Å²) in [4.78, 5) is 42.2. The van der Waals surface area contributed by atoms with Gasteiger partial charge in [-0.25, -0.2) is 0 Å². The molecule has 2 aromatic rings. The molecule has 5 rings (SSSR count). The Bertz CT molecular complexity index is 1480. The summed E-state index contributed by atoms with van der Waals surface area (Å²) in [5, 5.41) is 2.91. The van der Waals surface area contributed by atoms with Crippen molar-refractivity contribution in [1.29, 1.82) is 0 Å². The molecule has 216 valence electrons.